The maximum absolute atomic E-state index is 13.5. The van der Waals surface area contributed by atoms with Gasteiger partial charge in [0.2, 0.25) is 0 Å². The van der Waals surface area contributed by atoms with Gasteiger partial charge < -0.3 is 0 Å². The van der Waals surface area contributed by atoms with E-state index in [0.29, 0.717) is 10.7 Å². The highest BCUT2D eigenvalue weighted by molar-refractivity contribution is 7.92. The van der Waals surface area contributed by atoms with Gasteiger partial charge in [-0.05, 0) is 42.8 Å². The lowest BCUT2D eigenvalue weighted by atomic mass is 10.1. The van der Waals surface area contributed by atoms with Crippen LogP contribution in [-0.2, 0) is 10.0 Å². The Hall–Kier alpha value is -2.90. The molecular weight excluding hydrogens is 400 g/mol. The normalized spacial score (nSPS) is 12.4. The van der Waals surface area contributed by atoms with E-state index in [9.17, 15) is 18.5 Å². The van der Waals surface area contributed by atoms with Crippen LogP contribution >= 0.6 is 11.6 Å². The van der Waals surface area contributed by atoms with E-state index < -0.39 is 21.0 Å². The molecule has 144 valence electrons. The summed E-state index contributed by atoms with van der Waals surface area (Å²) in [7, 11) is -4.08. The number of non-ortho nitro benzene ring substituents is 1. The van der Waals surface area contributed by atoms with Crippen molar-refractivity contribution in [2.24, 2.45) is 0 Å². The molecule has 3 aromatic rings. The number of rotatable bonds is 6. The van der Waals surface area contributed by atoms with Crippen LogP contribution in [0.25, 0.3) is 0 Å². The molecule has 6 nitrogen and oxygen atoms in total. The topological polar surface area (TPSA) is 80.5 Å². The van der Waals surface area contributed by atoms with E-state index in [1.165, 1.54) is 22.5 Å². The molecule has 0 aliphatic rings. The maximum Gasteiger partial charge on any atom is 0.270 e. The Labute approximate surface area is 168 Å². The van der Waals surface area contributed by atoms with Crippen LogP contribution in [0.2, 0.25) is 5.02 Å². The average Bonchev–Trinajstić information content (AvgIpc) is 2.70. The first-order valence-electron chi connectivity index (χ1n) is 8.40. The van der Waals surface area contributed by atoms with Gasteiger partial charge in [0.05, 0.1) is 21.5 Å². The Morgan fingerprint density at radius 2 is 1.61 bits per heavy atom. The molecule has 28 heavy (non-hydrogen) atoms. The van der Waals surface area contributed by atoms with Gasteiger partial charge in [0.15, 0.2) is 0 Å². The molecule has 0 bridgehead atoms. The van der Waals surface area contributed by atoms with Gasteiger partial charge in [-0.25, -0.2) is 8.42 Å². The van der Waals surface area contributed by atoms with E-state index in [1.54, 1.807) is 31.2 Å². The van der Waals surface area contributed by atoms with Gasteiger partial charge in [0.25, 0.3) is 15.7 Å². The fourth-order valence-corrected chi connectivity index (χ4v) is 4.71. The number of nitrogens with zero attached hydrogens (tertiary/aromatic N) is 2. The van der Waals surface area contributed by atoms with Crippen LogP contribution in [0.3, 0.4) is 0 Å². The lowest BCUT2D eigenvalue weighted by molar-refractivity contribution is -0.385. The summed E-state index contributed by atoms with van der Waals surface area (Å²) in [4.78, 5) is 10.3. The first-order valence-corrected chi connectivity index (χ1v) is 10.2. The van der Waals surface area contributed by atoms with Crippen LogP contribution in [0, 0.1) is 10.1 Å². The third-order valence-corrected chi connectivity index (χ3v) is 6.45. The van der Waals surface area contributed by atoms with Crippen LogP contribution in [0.5, 0.6) is 0 Å². The summed E-state index contributed by atoms with van der Waals surface area (Å²) in [6.07, 6.45) is 0. The molecule has 0 saturated heterocycles. The van der Waals surface area contributed by atoms with Crippen molar-refractivity contribution in [3.05, 3.63) is 99.6 Å². The SMILES string of the molecule is CC(c1ccccc1)N(c1ccc(Cl)cc1)S(=O)(=O)c1cccc([N+](=O)[O-])c1. The zero-order chi connectivity index (χ0) is 20.3. The fraction of sp³-hybridized carbons (Fsp3) is 0.100. The maximum atomic E-state index is 13.5. The van der Waals surface area contributed by atoms with Crippen molar-refractivity contribution in [3.8, 4) is 0 Å². The summed E-state index contributed by atoms with van der Waals surface area (Å²) in [6.45, 7) is 1.76. The Balaban J connectivity index is 2.16. The van der Waals surface area contributed by atoms with Gasteiger partial charge in [-0.3, -0.25) is 14.4 Å². The highest BCUT2D eigenvalue weighted by Crippen LogP contribution is 2.34. The number of anilines is 1. The molecule has 0 aromatic heterocycles. The molecule has 3 aromatic carbocycles. The molecule has 0 spiro atoms. The molecular formula is C20H17ClN2O4S. The first-order chi connectivity index (χ1) is 13.3. The van der Waals surface area contributed by atoms with Crippen molar-refractivity contribution in [2.75, 3.05) is 4.31 Å². The second kappa shape index (κ2) is 8.00. The Morgan fingerprint density at radius 1 is 0.964 bits per heavy atom. The lowest BCUT2D eigenvalue weighted by Crippen LogP contribution is -2.33. The van der Waals surface area contributed by atoms with Crippen molar-refractivity contribution < 1.29 is 13.3 Å². The number of nitro groups is 1. The van der Waals surface area contributed by atoms with Crippen molar-refractivity contribution in [1.29, 1.82) is 0 Å². The van der Waals surface area contributed by atoms with Crippen molar-refractivity contribution in [1.82, 2.24) is 0 Å². The molecule has 8 heteroatoms. The van der Waals surface area contributed by atoms with E-state index in [-0.39, 0.29) is 10.6 Å². The predicted octanol–water partition coefficient (Wildman–Crippen LogP) is 5.20. The fourth-order valence-electron chi connectivity index (χ4n) is 2.90. The minimum atomic E-state index is -4.08. The van der Waals surface area contributed by atoms with Gasteiger partial charge in [0.1, 0.15) is 0 Å². The Bertz CT molecular complexity index is 1090. The number of nitro benzene ring substituents is 1. The molecule has 0 saturated carbocycles. The smallest absolute Gasteiger partial charge is 0.259 e. The molecule has 0 fully saturated rings. The minimum absolute atomic E-state index is 0.153. The molecule has 1 unspecified atom stereocenters. The van der Waals surface area contributed by atoms with Gasteiger partial charge in [-0.2, -0.15) is 0 Å². The molecule has 0 radical (unpaired) electrons. The average molecular weight is 417 g/mol. The number of halogens is 1. The highest BCUT2D eigenvalue weighted by Gasteiger charge is 2.31. The monoisotopic (exact) mass is 416 g/mol. The number of hydrogen-bond donors (Lipinski definition) is 0. The minimum Gasteiger partial charge on any atom is -0.259 e. The molecule has 3 rings (SSSR count). The number of sulfonamides is 1. The number of benzene rings is 3. The summed E-state index contributed by atoms with van der Waals surface area (Å²) in [5, 5.41) is 11.6. The standard InChI is InChI=1S/C20H17ClN2O4S/c1-15(16-6-3-2-4-7-16)22(18-12-10-17(21)11-13-18)28(26,27)20-9-5-8-19(14-20)23(24)25/h2-15H,1H3. The van der Waals surface area contributed by atoms with E-state index in [1.807, 2.05) is 30.3 Å². The molecule has 0 amide bonds. The van der Waals surface area contributed by atoms with Crippen molar-refractivity contribution >= 4 is 33.0 Å². The summed E-state index contributed by atoms with van der Waals surface area (Å²) in [5.41, 5.74) is 0.906. The van der Waals surface area contributed by atoms with Crippen LogP contribution in [-0.4, -0.2) is 13.3 Å². The summed E-state index contributed by atoms with van der Waals surface area (Å²) >= 11 is 5.96. The third-order valence-electron chi connectivity index (χ3n) is 4.30. The van der Waals surface area contributed by atoms with Gasteiger partial charge in [0, 0.05) is 17.2 Å². The quantitative estimate of drug-likeness (QED) is 0.408. The predicted molar refractivity (Wildman–Crippen MR) is 109 cm³/mol. The van der Waals surface area contributed by atoms with Crippen molar-refractivity contribution in [3.63, 3.8) is 0 Å². The molecule has 1 atom stereocenters. The lowest BCUT2D eigenvalue weighted by Gasteiger charge is -2.31. The van der Waals surface area contributed by atoms with Crippen LogP contribution in [0.4, 0.5) is 11.4 Å². The zero-order valence-electron chi connectivity index (χ0n) is 14.9. The molecule has 0 aliphatic heterocycles. The van der Waals surface area contributed by atoms with Crippen molar-refractivity contribution in [2.45, 2.75) is 17.9 Å². The van der Waals surface area contributed by atoms with Gasteiger partial charge >= 0.3 is 0 Å². The second-order valence-corrected chi connectivity index (χ2v) is 8.37. The molecule has 0 heterocycles. The Morgan fingerprint density at radius 3 is 2.21 bits per heavy atom. The first kappa shape index (κ1) is 19.9. The largest absolute Gasteiger partial charge is 0.270 e. The third kappa shape index (κ3) is 4.00. The van der Waals surface area contributed by atoms with Crippen LogP contribution < -0.4 is 4.31 Å². The van der Waals surface area contributed by atoms with Gasteiger partial charge in [-0.15, -0.1) is 0 Å². The highest BCUT2D eigenvalue weighted by atomic mass is 35.5. The summed E-state index contributed by atoms with van der Waals surface area (Å²) in [5.74, 6) is 0. The molecule has 0 N–H and O–H groups in total. The summed E-state index contributed by atoms with van der Waals surface area (Å²) < 4.78 is 28.2. The van der Waals surface area contributed by atoms with E-state index in [4.69, 9.17) is 11.6 Å². The van der Waals surface area contributed by atoms with E-state index in [2.05, 4.69) is 0 Å². The number of hydrogen-bond acceptors (Lipinski definition) is 4. The van der Waals surface area contributed by atoms with E-state index >= 15 is 0 Å². The zero-order valence-corrected chi connectivity index (χ0v) is 16.5. The van der Waals surface area contributed by atoms with Crippen LogP contribution in [0.1, 0.15) is 18.5 Å². The van der Waals surface area contributed by atoms with Crippen LogP contribution in [0.15, 0.2) is 83.8 Å². The Kier molecular flexibility index (Phi) is 5.67. The summed E-state index contributed by atoms with van der Waals surface area (Å²) in [6, 6.07) is 20.1. The molecule has 0 aliphatic carbocycles. The van der Waals surface area contributed by atoms with E-state index in [0.717, 1.165) is 11.6 Å². The second-order valence-electron chi connectivity index (χ2n) is 6.12. The van der Waals surface area contributed by atoms with Gasteiger partial charge in [-0.1, -0.05) is 48.0 Å².